The third-order valence-corrected chi connectivity index (χ3v) is 6.84. The quantitative estimate of drug-likeness (QED) is 0.463. The highest BCUT2D eigenvalue weighted by atomic mass is 79.9. The number of hydrazine groups is 1. The zero-order valence-corrected chi connectivity index (χ0v) is 14.1. The van der Waals surface area contributed by atoms with Gasteiger partial charge in [0, 0.05) is 17.2 Å². The van der Waals surface area contributed by atoms with Crippen LogP contribution in [-0.4, -0.2) is 39.9 Å². The largest absolute Gasteiger partial charge is 0.307 e. The fourth-order valence-electron chi connectivity index (χ4n) is 2.07. The van der Waals surface area contributed by atoms with Gasteiger partial charge in [-0.2, -0.15) is 0 Å². The van der Waals surface area contributed by atoms with E-state index in [2.05, 4.69) is 31.1 Å². The van der Waals surface area contributed by atoms with Crippen molar-refractivity contribution in [1.29, 1.82) is 0 Å². The molecule has 8 nitrogen and oxygen atoms in total. The molecule has 0 aliphatic carbocycles. The molecule has 2 heterocycles. The van der Waals surface area contributed by atoms with E-state index in [4.69, 9.17) is 5.84 Å². The van der Waals surface area contributed by atoms with Crippen LogP contribution in [0.2, 0.25) is 0 Å². The van der Waals surface area contributed by atoms with Crippen molar-refractivity contribution in [2.45, 2.75) is 11.3 Å². The molecule has 0 amide bonds. The molecule has 21 heavy (non-hydrogen) atoms. The second-order valence-electron chi connectivity index (χ2n) is 4.77. The molecule has 2 rings (SSSR count). The maximum atomic E-state index is 12.3. The number of sulfone groups is 1. The SMILES string of the molecule is NNc1ncc(Br)cc1S(=O)(=O)NCC1CCS(=O)(=O)C1. The van der Waals surface area contributed by atoms with Crippen molar-refractivity contribution in [1.82, 2.24) is 9.71 Å². The van der Waals surface area contributed by atoms with Crippen LogP contribution in [0, 0.1) is 5.92 Å². The number of nitrogens with one attached hydrogen (secondary N) is 2. The van der Waals surface area contributed by atoms with Crippen molar-refractivity contribution in [3.63, 3.8) is 0 Å². The average Bonchev–Trinajstić information content (AvgIpc) is 2.76. The molecule has 118 valence electrons. The molecule has 1 fully saturated rings. The van der Waals surface area contributed by atoms with Gasteiger partial charge in [0.15, 0.2) is 15.7 Å². The van der Waals surface area contributed by atoms with Crippen LogP contribution < -0.4 is 16.0 Å². The van der Waals surface area contributed by atoms with Gasteiger partial charge >= 0.3 is 0 Å². The number of anilines is 1. The van der Waals surface area contributed by atoms with E-state index in [9.17, 15) is 16.8 Å². The summed E-state index contributed by atoms with van der Waals surface area (Å²) in [6.45, 7) is 0.0675. The molecule has 1 aromatic rings. The minimum atomic E-state index is -3.83. The van der Waals surface area contributed by atoms with Gasteiger partial charge < -0.3 is 5.43 Å². The predicted molar refractivity (Wildman–Crippen MR) is 81.7 cm³/mol. The summed E-state index contributed by atoms with van der Waals surface area (Å²) in [5, 5.41) is 0. The molecule has 1 unspecified atom stereocenters. The van der Waals surface area contributed by atoms with Crippen LogP contribution in [0.25, 0.3) is 0 Å². The van der Waals surface area contributed by atoms with Crippen LogP contribution >= 0.6 is 15.9 Å². The van der Waals surface area contributed by atoms with E-state index in [0.29, 0.717) is 10.9 Å². The maximum Gasteiger partial charge on any atom is 0.244 e. The molecule has 1 aliphatic heterocycles. The van der Waals surface area contributed by atoms with Crippen molar-refractivity contribution in [3.8, 4) is 0 Å². The second kappa shape index (κ2) is 6.16. The minimum Gasteiger partial charge on any atom is -0.307 e. The van der Waals surface area contributed by atoms with E-state index in [1.807, 2.05) is 0 Å². The normalized spacial score (nSPS) is 21.3. The molecule has 1 aliphatic rings. The van der Waals surface area contributed by atoms with Gasteiger partial charge in [0.1, 0.15) is 4.90 Å². The zero-order valence-electron chi connectivity index (χ0n) is 10.9. The number of nitrogens with two attached hydrogens (primary N) is 1. The molecule has 0 saturated carbocycles. The van der Waals surface area contributed by atoms with E-state index in [1.54, 1.807) is 0 Å². The Kier molecular flexibility index (Phi) is 4.88. The number of hydrogen-bond acceptors (Lipinski definition) is 7. The van der Waals surface area contributed by atoms with Gasteiger partial charge in [-0.25, -0.2) is 32.4 Å². The van der Waals surface area contributed by atoms with Crippen LogP contribution in [0.3, 0.4) is 0 Å². The van der Waals surface area contributed by atoms with Crippen LogP contribution in [-0.2, 0) is 19.9 Å². The lowest BCUT2D eigenvalue weighted by atomic mass is 10.1. The molecule has 0 spiro atoms. The summed E-state index contributed by atoms with van der Waals surface area (Å²) < 4.78 is 50.2. The monoisotopic (exact) mass is 398 g/mol. The molecule has 11 heteroatoms. The Hall–Kier alpha value is -0.750. The first-order valence-corrected chi connectivity index (χ1v) is 10.2. The Labute approximate surface area is 131 Å². The lowest BCUT2D eigenvalue weighted by molar-refractivity contribution is 0.543. The summed E-state index contributed by atoms with van der Waals surface area (Å²) in [5.41, 5.74) is 2.22. The van der Waals surface area contributed by atoms with Crippen molar-refractivity contribution in [2.75, 3.05) is 23.5 Å². The molecule has 1 aromatic heterocycles. The molecular weight excluding hydrogens is 384 g/mol. The third kappa shape index (κ3) is 4.13. The summed E-state index contributed by atoms with van der Waals surface area (Å²) in [5.74, 6) is 5.17. The molecule has 1 atom stereocenters. The Morgan fingerprint density at radius 2 is 2.19 bits per heavy atom. The first-order chi connectivity index (χ1) is 9.73. The number of sulfonamides is 1. The van der Waals surface area contributed by atoms with Crippen molar-refractivity contribution in [2.24, 2.45) is 11.8 Å². The minimum absolute atomic E-state index is 0.00818. The van der Waals surface area contributed by atoms with Crippen molar-refractivity contribution < 1.29 is 16.8 Å². The van der Waals surface area contributed by atoms with E-state index >= 15 is 0 Å². The van der Waals surface area contributed by atoms with Crippen LogP contribution in [0.4, 0.5) is 5.82 Å². The lowest BCUT2D eigenvalue weighted by Crippen LogP contribution is -2.31. The van der Waals surface area contributed by atoms with E-state index < -0.39 is 19.9 Å². The Morgan fingerprint density at radius 1 is 1.48 bits per heavy atom. The summed E-state index contributed by atoms with van der Waals surface area (Å²) in [6, 6.07) is 1.37. The number of hydrogen-bond donors (Lipinski definition) is 3. The number of rotatable bonds is 5. The highest BCUT2D eigenvalue weighted by Gasteiger charge is 2.29. The summed E-state index contributed by atoms with van der Waals surface area (Å²) >= 11 is 3.15. The maximum absolute atomic E-state index is 12.3. The smallest absolute Gasteiger partial charge is 0.244 e. The lowest BCUT2D eigenvalue weighted by Gasteiger charge is -2.13. The van der Waals surface area contributed by atoms with Gasteiger partial charge in [-0.1, -0.05) is 0 Å². The zero-order chi connectivity index (χ0) is 15.7. The van der Waals surface area contributed by atoms with E-state index in [-0.39, 0.29) is 34.7 Å². The van der Waals surface area contributed by atoms with Gasteiger partial charge in [0.25, 0.3) is 0 Å². The van der Waals surface area contributed by atoms with Gasteiger partial charge in [0.2, 0.25) is 10.0 Å². The highest BCUT2D eigenvalue weighted by molar-refractivity contribution is 9.10. The van der Waals surface area contributed by atoms with Gasteiger partial charge in [-0.15, -0.1) is 0 Å². The molecular formula is C10H15BrN4O4S2. The van der Waals surface area contributed by atoms with Crippen molar-refractivity contribution >= 4 is 41.6 Å². The first kappa shape index (κ1) is 16.6. The van der Waals surface area contributed by atoms with Gasteiger partial charge in [-0.3, -0.25) is 0 Å². The number of halogens is 1. The predicted octanol–water partition coefficient (Wildman–Crippen LogP) is -0.157. The standard InChI is InChI=1S/C10H15BrN4O4S2/c11-8-3-9(10(15-12)13-5-8)21(18,19)14-4-7-1-2-20(16,17)6-7/h3,5,7,14H,1-2,4,6,12H2,(H,13,15). The molecule has 0 bridgehead atoms. The second-order valence-corrected chi connectivity index (χ2v) is 9.65. The van der Waals surface area contributed by atoms with Crippen LogP contribution in [0.1, 0.15) is 6.42 Å². The summed E-state index contributed by atoms with van der Waals surface area (Å²) in [4.78, 5) is 3.77. The van der Waals surface area contributed by atoms with Crippen LogP contribution in [0.15, 0.2) is 21.6 Å². The summed E-state index contributed by atoms with van der Waals surface area (Å²) in [6.07, 6.45) is 1.88. The average molecular weight is 399 g/mol. The first-order valence-electron chi connectivity index (χ1n) is 6.06. The molecule has 4 N–H and O–H groups in total. The Morgan fingerprint density at radius 3 is 2.76 bits per heavy atom. The fraction of sp³-hybridized carbons (Fsp3) is 0.500. The fourth-order valence-corrected chi connectivity index (χ4v) is 5.68. The van der Waals surface area contributed by atoms with Crippen LogP contribution in [0.5, 0.6) is 0 Å². The van der Waals surface area contributed by atoms with E-state index in [0.717, 1.165) is 0 Å². The topological polar surface area (TPSA) is 131 Å². The van der Waals surface area contributed by atoms with Gasteiger partial charge in [-0.05, 0) is 34.3 Å². The molecule has 1 saturated heterocycles. The molecule has 0 aromatic carbocycles. The third-order valence-electron chi connectivity index (χ3n) is 3.13. The molecule has 0 radical (unpaired) electrons. The van der Waals surface area contributed by atoms with E-state index in [1.165, 1.54) is 12.3 Å². The number of nitrogen functional groups attached to an aromatic ring is 1. The number of nitrogens with zero attached hydrogens (tertiary/aromatic N) is 1. The number of pyridine rings is 1. The summed E-state index contributed by atoms with van der Waals surface area (Å²) in [7, 11) is -6.86. The highest BCUT2D eigenvalue weighted by Crippen LogP contribution is 2.23. The Balaban J connectivity index is 2.14. The Bertz CT molecular complexity index is 735. The van der Waals surface area contributed by atoms with Crippen molar-refractivity contribution in [3.05, 3.63) is 16.7 Å². The van der Waals surface area contributed by atoms with Gasteiger partial charge in [0.05, 0.1) is 11.5 Å². The number of aromatic nitrogens is 1.